The van der Waals surface area contributed by atoms with E-state index >= 15 is 0 Å². The first-order valence-electron chi connectivity index (χ1n) is 10.9. The van der Waals surface area contributed by atoms with Gasteiger partial charge >= 0.3 is 0 Å². The molecule has 0 aliphatic carbocycles. The van der Waals surface area contributed by atoms with Gasteiger partial charge in [0.05, 0.1) is 6.10 Å². The van der Waals surface area contributed by atoms with E-state index in [9.17, 15) is 5.11 Å². The van der Waals surface area contributed by atoms with E-state index in [-0.39, 0.29) is 6.10 Å². The number of aliphatic hydroxyl groups excluding tert-OH is 1. The molecule has 4 nitrogen and oxygen atoms in total. The zero-order chi connectivity index (χ0) is 20.9. The molecule has 0 radical (unpaired) electrons. The van der Waals surface area contributed by atoms with Gasteiger partial charge in [-0.3, -0.25) is 0 Å². The third kappa shape index (κ3) is 4.94. The first kappa shape index (κ1) is 20.7. The van der Waals surface area contributed by atoms with Crippen LogP contribution in [-0.4, -0.2) is 56.4 Å². The van der Waals surface area contributed by atoms with Crippen LogP contribution in [0.5, 0.6) is 5.75 Å². The summed E-state index contributed by atoms with van der Waals surface area (Å²) >= 11 is 0. The van der Waals surface area contributed by atoms with Crippen molar-refractivity contribution in [2.45, 2.75) is 25.4 Å². The molecule has 1 saturated heterocycles. The monoisotopic (exact) mass is 404 g/mol. The Kier molecular flexibility index (Phi) is 6.56. The molecule has 3 aromatic carbocycles. The highest BCUT2D eigenvalue weighted by molar-refractivity contribution is 5.90. The molecule has 0 atom stereocenters. The molecule has 0 saturated carbocycles. The molecule has 4 rings (SSSR count). The van der Waals surface area contributed by atoms with E-state index in [2.05, 4.69) is 84.6 Å². The lowest BCUT2D eigenvalue weighted by molar-refractivity contribution is 0.145. The number of rotatable bonds is 7. The summed E-state index contributed by atoms with van der Waals surface area (Å²) in [6.45, 7) is 3.42. The molecule has 1 heterocycles. The van der Waals surface area contributed by atoms with Gasteiger partial charge in [-0.2, -0.15) is 0 Å². The molecule has 1 N–H and O–H groups in total. The Morgan fingerprint density at radius 2 is 1.70 bits per heavy atom. The number of anilines is 1. The van der Waals surface area contributed by atoms with E-state index < -0.39 is 0 Å². The van der Waals surface area contributed by atoms with Gasteiger partial charge in [-0.05, 0) is 67.0 Å². The zero-order valence-corrected chi connectivity index (χ0v) is 18.1. The number of fused-ring (bicyclic) bond motifs is 1. The molecular formula is C26H32N2O2. The summed E-state index contributed by atoms with van der Waals surface area (Å²) in [5.41, 5.74) is 3.95. The first-order chi connectivity index (χ1) is 14.6. The quantitative estimate of drug-likeness (QED) is 0.636. The molecule has 30 heavy (non-hydrogen) atoms. The Labute approximate surface area is 179 Å². The lowest BCUT2D eigenvalue weighted by atomic mass is 9.95. The minimum Gasteiger partial charge on any atom is -0.492 e. The number of ether oxygens (including phenoxy) is 1. The average Bonchev–Trinajstić information content (AvgIpc) is 2.76. The van der Waals surface area contributed by atoms with Crippen LogP contribution in [0.15, 0.2) is 60.7 Å². The van der Waals surface area contributed by atoms with Crippen LogP contribution in [0.1, 0.15) is 24.0 Å². The second-order valence-electron chi connectivity index (χ2n) is 8.48. The van der Waals surface area contributed by atoms with Gasteiger partial charge in [0, 0.05) is 31.7 Å². The molecule has 1 fully saturated rings. The number of hydrogen-bond acceptors (Lipinski definition) is 4. The van der Waals surface area contributed by atoms with E-state index in [1.165, 1.54) is 27.6 Å². The van der Waals surface area contributed by atoms with Crippen molar-refractivity contribution in [3.63, 3.8) is 0 Å². The van der Waals surface area contributed by atoms with E-state index in [1.807, 2.05) is 0 Å². The molecule has 158 valence electrons. The highest BCUT2D eigenvalue weighted by Crippen LogP contribution is 2.33. The minimum atomic E-state index is -0.162. The molecule has 0 amide bonds. The number of benzene rings is 3. The molecule has 1 aliphatic rings. The fourth-order valence-electron chi connectivity index (χ4n) is 4.17. The molecule has 3 aromatic rings. The Hall–Kier alpha value is -2.56. The predicted octanol–water partition coefficient (Wildman–Crippen LogP) is 4.33. The van der Waals surface area contributed by atoms with Crippen LogP contribution < -0.4 is 9.64 Å². The highest BCUT2D eigenvalue weighted by atomic mass is 16.5. The molecule has 0 spiro atoms. The van der Waals surface area contributed by atoms with Crippen LogP contribution in [0.3, 0.4) is 0 Å². The van der Waals surface area contributed by atoms with Gasteiger partial charge in [-0.25, -0.2) is 0 Å². The van der Waals surface area contributed by atoms with Crippen molar-refractivity contribution in [2.75, 3.05) is 45.2 Å². The SMILES string of the molecule is CN(C)CCOc1ccc(Cc2c(N3CCC(O)CC3)ccc3ccccc23)cc1. The van der Waals surface area contributed by atoms with Gasteiger partial charge in [-0.15, -0.1) is 0 Å². The molecule has 0 unspecified atom stereocenters. The maximum atomic E-state index is 9.93. The summed E-state index contributed by atoms with van der Waals surface area (Å²) in [5, 5.41) is 12.5. The Morgan fingerprint density at radius 1 is 0.967 bits per heavy atom. The van der Waals surface area contributed by atoms with Gasteiger partial charge in [0.1, 0.15) is 12.4 Å². The van der Waals surface area contributed by atoms with Crippen LogP contribution >= 0.6 is 0 Å². The fraction of sp³-hybridized carbons (Fsp3) is 0.385. The van der Waals surface area contributed by atoms with E-state index in [0.717, 1.165) is 44.6 Å². The van der Waals surface area contributed by atoms with Crippen LogP contribution in [0.4, 0.5) is 5.69 Å². The molecular weight excluding hydrogens is 372 g/mol. The third-order valence-corrected chi connectivity index (χ3v) is 5.93. The Balaban J connectivity index is 1.58. The van der Waals surface area contributed by atoms with E-state index in [1.54, 1.807) is 0 Å². The van der Waals surface area contributed by atoms with E-state index in [4.69, 9.17) is 4.74 Å². The number of likely N-dealkylation sites (N-methyl/N-ethyl adjacent to an activating group) is 1. The maximum absolute atomic E-state index is 9.93. The van der Waals surface area contributed by atoms with Crippen molar-refractivity contribution in [1.82, 2.24) is 4.90 Å². The number of aliphatic hydroxyl groups is 1. The van der Waals surface area contributed by atoms with Crippen LogP contribution in [-0.2, 0) is 6.42 Å². The van der Waals surface area contributed by atoms with Crippen molar-refractivity contribution in [2.24, 2.45) is 0 Å². The largest absolute Gasteiger partial charge is 0.492 e. The number of piperidine rings is 1. The van der Waals surface area contributed by atoms with Gasteiger partial charge in [0.2, 0.25) is 0 Å². The normalized spacial score (nSPS) is 15.1. The second-order valence-corrected chi connectivity index (χ2v) is 8.48. The van der Waals surface area contributed by atoms with E-state index in [0.29, 0.717) is 6.61 Å². The van der Waals surface area contributed by atoms with Crippen molar-refractivity contribution >= 4 is 16.5 Å². The summed E-state index contributed by atoms with van der Waals surface area (Å²) in [7, 11) is 4.11. The zero-order valence-electron chi connectivity index (χ0n) is 18.1. The fourth-order valence-corrected chi connectivity index (χ4v) is 4.17. The summed E-state index contributed by atoms with van der Waals surface area (Å²) in [5.74, 6) is 0.920. The summed E-state index contributed by atoms with van der Waals surface area (Å²) in [6.07, 6.45) is 2.40. The molecule has 1 aliphatic heterocycles. The Bertz CT molecular complexity index is 960. The highest BCUT2D eigenvalue weighted by Gasteiger charge is 2.20. The molecule has 0 aromatic heterocycles. The Morgan fingerprint density at radius 3 is 2.43 bits per heavy atom. The third-order valence-electron chi connectivity index (χ3n) is 5.93. The minimum absolute atomic E-state index is 0.162. The topological polar surface area (TPSA) is 35.9 Å². The smallest absolute Gasteiger partial charge is 0.119 e. The lowest BCUT2D eigenvalue weighted by Crippen LogP contribution is -2.36. The van der Waals surface area contributed by atoms with Gasteiger partial charge < -0.3 is 19.6 Å². The van der Waals surface area contributed by atoms with Crippen LogP contribution in [0.25, 0.3) is 10.8 Å². The predicted molar refractivity (Wildman–Crippen MR) is 125 cm³/mol. The molecule has 0 bridgehead atoms. The number of nitrogens with zero attached hydrogens (tertiary/aromatic N) is 2. The second kappa shape index (κ2) is 9.50. The average molecular weight is 405 g/mol. The standard InChI is InChI=1S/C26H32N2O2/c1-27(2)17-18-30-23-10-7-20(8-11-23)19-25-24-6-4-3-5-21(24)9-12-26(25)28-15-13-22(29)14-16-28/h3-12,22,29H,13-19H2,1-2H3. The van der Waals surface area contributed by atoms with Crippen molar-refractivity contribution in [3.8, 4) is 5.75 Å². The van der Waals surface area contributed by atoms with Gasteiger partial charge in [0.25, 0.3) is 0 Å². The van der Waals surface area contributed by atoms with Crippen LogP contribution in [0, 0.1) is 0 Å². The summed E-state index contributed by atoms with van der Waals surface area (Å²) < 4.78 is 5.85. The van der Waals surface area contributed by atoms with Gasteiger partial charge in [-0.1, -0.05) is 42.5 Å². The van der Waals surface area contributed by atoms with Crippen molar-refractivity contribution < 1.29 is 9.84 Å². The lowest BCUT2D eigenvalue weighted by Gasteiger charge is -2.33. The first-order valence-corrected chi connectivity index (χ1v) is 10.9. The molecule has 4 heteroatoms. The summed E-state index contributed by atoms with van der Waals surface area (Å²) in [4.78, 5) is 4.56. The van der Waals surface area contributed by atoms with Gasteiger partial charge in [0.15, 0.2) is 0 Å². The summed E-state index contributed by atoms with van der Waals surface area (Å²) in [6, 6.07) is 21.6. The maximum Gasteiger partial charge on any atom is 0.119 e. The van der Waals surface area contributed by atoms with Crippen molar-refractivity contribution in [1.29, 1.82) is 0 Å². The van der Waals surface area contributed by atoms with Crippen LogP contribution in [0.2, 0.25) is 0 Å². The number of hydrogen-bond donors (Lipinski definition) is 1. The van der Waals surface area contributed by atoms with Crippen molar-refractivity contribution in [3.05, 3.63) is 71.8 Å².